The van der Waals surface area contributed by atoms with Gasteiger partial charge in [-0.2, -0.15) is 5.26 Å². The number of carbonyl (C=O) groups is 1. The van der Waals surface area contributed by atoms with Gasteiger partial charge in [0.1, 0.15) is 16.5 Å². The van der Waals surface area contributed by atoms with Crippen molar-refractivity contribution >= 4 is 22.3 Å². The minimum atomic E-state index is -0.438. The standard InChI is InChI=1S/C16H22N2O2S/c1-15(2,3)20-14(19)16(4)7-9-18(10-8-16)13-6-5-12(11-17)21-13/h5-6H,7-10H2,1-4H3. The summed E-state index contributed by atoms with van der Waals surface area (Å²) in [5.41, 5.74) is -0.841. The SMILES string of the molecule is CC(C)(C)OC(=O)C1(C)CCN(c2ccc(C#N)s2)CC1. The maximum atomic E-state index is 12.3. The molecule has 5 heteroatoms. The first-order chi connectivity index (χ1) is 9.73. The van der Waals surface area contributed by atoms with Gasteiger partial charge in [0, 0.05) is 13.1 Å². The van der Waals surface area contributed by atoms with Gasteiger partial charge in [-0.1, -0.05) is 0 Å². The summed E-state index contributed by atoms with van der Waals surface area (Å²) in [6, 6.07) is 6.00. The second-order valence-electron chi connectivity index (χ2n) is 6.80. The number of piperidine rings is 1. The first-order valence-corrected chi connectivity index (χ1v) is 8.03. The molecular formula is C16H22N2O2S. The predicted octanol–water partition coefficient (Wildman–Crippen LogP) is 3.57. The smallest absolute Gasteiger partial charge is 0.312 e. The number of nitriles is 1. The lowest BCUT2D eigenvalue weighted by Gasteiger charge is -2.39. The molecule has 0 aliphatic carbocycles. The highest BCUT2D eigenvalue weighted by Crippen LogP contribution is 2.37. The Kier molecular flexibility index (Phi) is 4.29. The topological polar surface area (TPSA) is 53.3 Å². The molecule has 1 aliphatic rings. The first-order valence-electron chi connectivity index (χ1n) is 7.22. The number of hydrogen-bond acceptors (Lipinski definition) is 5. The second kappa shape index (κ2) is 5.69. The van der Waals surface area contributed by atoms with Crippen LogP contribution in [0, 0.1) is 16.7 Å². The van der Waals surface area contributed by atoms with Crippen LogP contribution in [0.1, 0.15) is 45.4 Å². The zero-order chi connectivity index (χ0) is 15.7. The van der Waals surface area contributed by atoms with Gasteiger partial charge in [-0.25, -0.2) is 0 Å². The fourth-order valence-corrected chi connectivity index (χ4v) is 3.24. The van der Waals surface area contributed by atoms with Gasteiger partial charge in [0.15, 0.2) is 0 Å². The quantitative estimate of drug-likeness (QED) is 0.784. The molecular weight excluding hydrogens is 284 g/mol. The van der Waals surface area contributed by atoms with Gasteiger partial charge in [-0.3, -0.25) is 4.79 Å². The van der Waals surface area contributed by atoms with E-state index >= 15 is 0 Å². The van der Waals surface area contributed by atoms with Crippen molar-refractivity contribution in [3.8, 4) is 6.07 Å². The molecule has 1 fully saturated rings. The van der Waals surface area contributed by atoms with Gasteiger partial charge >= 0.3 is 5.97 Å². The molecule has 0 N–H and O–H groups in total. The molecule has 4 nitrogen and oxygen atoms in total. The number of thiophene rings is 1. The Hall–Kier alpha value is -1.54. The van der Waals surface area contributed by atoms with E-state index in [0.717, 1.165) is 35.8 Å². The van der Waals surface area contributed by atoms with Crippen LogP contribution in [-0.2, 0) is 9.53 Å². The second-order valence-corrected chi connectivity index (χ2v) is 7.86. The van der Waals surface area contributed by atoms with Crippen LogP contribution in [0.2, 0.25) is 0 Å². The molecule has 0 unspecified atom stereocenters. The van der Waals surface area contributed by atoms with E-state index in [9.17, 15) is 4.79 Å². The number of anilines is 1. The molecule has 1 aromatic heterocycles. The number of nitrogens with zero attached hydrogens (tertiary/aromatic N) is 2. The van der Waals surface area contributed by atoms with Crippen molar-refractivity contribution in [2.24, 2.45) is 5.41 Å². The predicted molar refractivity (Wildman–Crippen MR) is 84.4 cm³/mol. The number of rotatable bonds is 2. The fourth-order valence-electron chi connectivity index (χ4n) is 2.38. The Morgan fingerprint density at radius 3 is 2.48 bits per heavy atom. The molecule has 0 atom stereocenters. The molecule has 0 amide bonds. The van der Waals surface area contributed by atoms with Gasteiger partial charge in [-0.05, 0) is 52.7 Å². The molecule has 2 rings (SSSR count). The summed E-state index contributed by atoms with van der Waals surface area (Å²) in [7, 11) is 0. The van der Waals surface area contributed by atoms with E-state index in [2.05, 4.69) is 11.0 Å². The summed E-state index contributed by atoms with van der Waals surface area (Å²) >= 11 is 1.51. The maximum absolute atomic E-state index is 12.3. The largest absolute Gasteiger partial charge is 0.460 e. The molecule has 0 saturated carbocycles. The van der Waals surface area contributed by atoms with E-state index in [1.165, 1.54) is 11.3 Å². The molecule has 114 valence electrons. The van der Waals surface area contributed by atoms with Crippen LogP contribution in [0.25, 0.3) is 0 Å². The average Bonchev–Trinajstić information content (AvgIpc) is 2.86. The molecule has 0 bridgehead atoms. The van der Waals surface area contributed by atoms with E-state index < -0.39 is 11.0 Å². The third-order valence-electron chi connectivity index (χ3n) is 3.77. The summed E-state index contributed by atoms with van der Waals surface area (Å²) < 4.78 is 5.54. The van der Waals surface area contributed by atoms with Crippen LogP contribution in [0.15, 0.2) is 12.1 Å². The van der Waals surface area contributed by atoms with Crippen molar-refractivity contribution in [3.05, 3.63) is 17.0 Å². The summed E-state index contributed by atoms with van der Waals surface area (Å²) in [6.07, 6.45) is 1.56. The van der Waals surface area contributed by atoms with Gasteiger partial charge < -0.3 is 9.64 Å². The van der Waals surface area contributed by atoms with E-state index in [-0.39, 0.29) is 5.97 Å². The van der Waals surface area contributed by atoms with Gasteiger partial charge in [0.05, 0.1) is 10.4 Å². The summed E-state index contributed by atoms with van der Waals surface area (Å²) in [6.45, 7) is 9.34. The highest BCUT2D eigenvalue weighted by molar-refractivity contribution is 7.16. The third-order valence-corrected chi connectivity index (χ3v) is 4.82. The molecule has 1 aromatic rings. The van der Waals surface area contributed by atoms with E-state index in [1.807, 2.05) is 39.8 Å². The van der Waals surface area contributed by atoms with Crippen LogP contribution < -0.4 is 4.90 Å². The average molecular weight is 306 g/mol. The van der Waals surface area contributed by atoms with Crippen molar-refractivity contribution in [2.75, 3.05) is 18.0 Å². The maximum Gasteiger partial charge on any atom is 0.312 e. The van der Waals surface area contributed by atoms with Crippen molar-refractivity contribution in [2.45, 2.75) is 46.1 Å². The summed E-state index contributed by atoms with van der Waals surface area (Å²) in [5, 5.41) is 10.0. The molecule has 0 spiro atoms. The summed E-state index contributed by atoms with van der Waals surface area (Å²) in [4.78, 5) is 15.3. The monoisotopic (exact) mass is 306 g/mol. The zero-order valence-corrected chi connectivity index (χ0v) is 13.9. The van der Waals surface area contributed by atoms with E-state index in [1.54, 1.807) is 0 Å². The van der Waals surface area contributed by atoms with E-state index in [4.69, 9.17) is 10.00 Å². The van der Waals surface area contributed by atoms with Gasteiger partial charge in [-0.15, -0.1) is 11.3 Å². The molecule has 21 heavy (non-hydrogen) atoms. The fraction of sp³-hybridized carbons (Fsp3) is 0.625. The molecule has 0 aromatic carbocycles. The van der Waals surface area contributed by atoms with E-state index in [0.29, 0.717) is 0 Å². The zero-order valence-electron chi connectivity index (χ0n) is 13.1. The molecule has 1 aliphatic heterocycles. The Morgan fingerprint density at radius 1 is 1.38 bits per heavy atom. The number of ether oxygens (including phenoxy) is 1. The van der Waals surface area contributed by atoms with Crippen molar-refractivity contribution in [3.63, 3.8) is 0 Å². The Balaban J connectivity index is 1.99. The Bertz CT molecular complexity index is 558. The van der Waals surface area contributed by atoms with Crippen LogP contribution in [0.3, 0.4) is 0 Å². The minimum Gasteiger partial charge on any atom is -0.460 e. The number of carbonyl (C=O) groups excluding carboxylic acids is 1. The lowest BCUT2D eigenvalue weighted by molar-refractivity contribution is -0.167. The normalized spacial score (nSPS) is 18.1. The Morgan fingerprint density at radius 2 is 2.00 bits per heavy atom. The molecule has 0 radical (unpaired) electrons. The first kappa shape index (κ1) is 15.8. The van der Waals surface area contributed by atoms with Crippen molar-refractivity contribution in [1.29, 1.82) is 5.26 Å². The van der Waals surface area contributed by atoms with Crippen molar-refractivity contribution in [1.82, 2.24) is 0 Å². The van der Waals surface area contributed by atoms with Crippen LogP contribution in [0.4, 0.5) is 5.00 Å². The highest BCUT2D eigenvalue weighted by Gasteiger charge is 2.40. The van der Waals surface area contributed by atoms with Crippen molar-refractivity contribution < 1.29 is 9.53 Å². The van der Waals surface area contributed by atoms with Crippen LogP contribution in [0.5, 0.6) is 0 Å². The summed E-state index contributed by atoms with van der Waals surface area (Å²) in [5.74, 6) is -0.0986. The minimum absolute atomic E-state index is 0.0986. The highest BCUT2D eigenvalue weighted by atomic mass is 32.1. The number of esters is 1. The molecule has 2 heterocycles. The van der Waals surface area contributed by atoms with Crippen LogP contribution in [-0.4, -0.2) is 24.7 Å². The lowest BCUT2D eigenvalue weighted by Crippen LogP contribution is -2.45. The van der Waals surface area contributed by atoms with Gasteiger partial charge in [0.2, 0.25) is 0 Å². The van der Waals surface area contributed by atoms with Crippen LogP contribution >= 0.6 is 11.3 Å². The third kappa shape index (κ3) is 3.76. The lowest BCUT2D eigenvalue weighted by atomic mass is 9.80. The number of hydrogen-bond donors (Lipinski definition) is 0. The Labute approximate surface area is 130 Å². The van der Waals surface area contributed by atoms with Gasteiger partial charge in [0.25, 0.3) is 0 Å². The molecule has 1 saturated heterocycles.